The van der Waals surface area contributed by atoms with Crippen LogP contribution >= 0.6 is 23.2 Å². The van der Waals surface area contributed by atoms with Crippen LogP contribution in [0.5, 0.6) is 11.5 Å². The van der Waals surface area contributed by atoms with E-state index in [2.05, 4.69) is 9.73 Å². The van der Waals surface area contributed by atoms with Crippen molar-refractivity contribution in [2.45, 2.75) is 6.61 Å². The quantitative estimate of drug-likeness (QED) is 0.420. The summed E-state index contributed by atoms with van der Waals surface area (Å²) in [6.45, 7) is 0.683. The second kappa shape index (κ2) is 9.45. The zero-order valence-corrected chi connectivity index (χ0v) is 16.9. The molecular formula is C22H17Cl2NO4. The van der Waals surface area contributed by atoms with Gasteiger partial charge in [0.05, 0.1) is 17.7 Å². The highest BCUT2D eigenvalue weighted by Gasteiger charge is 2.09. The van der Waals surface area contributed by atoms with Gasteiger partial charge in [-0.05, 0) is 53.6 Å². The van der Waals surface area contributed by atoms with Crippen LogP contribution in [0.1, 0.15) is 21.5 Å². The Bertz CT molecular complexity index is 1070. The lowest BCUT2D eigenvalue weighted by molar-refractivity contribution is 0.0600. The highest BCUT2D eigenvalue weighted by atomic mass is 35.5. The average Bonchev–Trinajstić information content (AvgIpc) is 2.73. The number of ether oxygens (including phenoxy) is 2. The van der Waals surface area contributed by atoms with Gasteiger partial charge in [-0.1, -0.05) is 41.4 Å². The third-order valence-electron chi connectivity index (χ3n) is 3.99. The number of hydrogen-bond acceptors (Lipinski definition) is 5. The molecule has 3 aromatic carbocycles. The topological polar surface area (TPSA) is 68.1 Å². The molecule has 0 radical (unpaired) electrons. The van der Waals surface area contributed by atoms with E-state index in [0.717, 1.165) is 21.9 Å². The third kappa shape index (κ3) is 5.50. The molecule has 0 spiro atoms. The Kier molecular flexibility index (Phi) is 6.75. The maximum Gasteiger partial charge on any atom is 0.337 e. The monoisotopic (exact) mass is 429 g/mol. The molecule has 0 saturated heterocycles. The minimum atomic E-state index is -0.509. The Morgan fingerprint density at radius 2 is 1.97 bits per heavy atom. The lowest BCUT2D eigenvalue weighted by Gasteiger charge is -2.14. The van der Waals surface area contributed by atoms with Gasteiger partial charge in [0.15, 0.2) is 0 Å². The number of carbonyl (C=O) groups is 1. The fourth-order valence-corrected chi connectivity index (χ4v) is 2.98. The van der Waals surface area contributed by atoms with Crippen molar-refractivity contribution in [3.63, 3.8) is 0 Å². The van der Waals surface area contributed by atoms with Crippen LogP contribution in [0.3, 0.4) is 0 Å². The third-order valence-corrected chi connectivity index (χ3v) is 4.52. The number of fused-ring (bicyclic) bond motifs is 3. The van der Waals surface area contributed by atoms with Crippen LogP contribution in [-0.4, -0.2) is 24.4 Å². The minimum absolute atomic E-state index is 0.0915. The molecule has 0 aliphatic carbocycles. The van der Waals surface area contributed by atoms with Crippen molar-refractivity contribution in [3.8, 4) is 11.5 Å². The lowest BCUT2D eigenvalue weighted by atomic mass is 10.2. The number of carbonyl (C=O) groups excluding carboxylic acids is 1. The molecule has 0 unspecified atom stereocenters. The molecule has 0 atom stereocenters. The van der Waals surface area contributed by atoms with E-state index in [1.54, 1.807) is 24.4 Å². The SMILES string of the molecule is COC(=O)c1ccc(N=Cc2cccc(Cl)c2)c(O)c1.Clc1cc2ccc1OC2. The van der Waals surface area contributed by atoms with Gasteiger partial charge >= 0.3 is 5.97 Å². The summed E-state index contributed by atoms with van der Waals surface area (Å²) in [5.74, 6) is 0.198. The number of methoxy groups -OCH3 is 1. The standard InChI is InChI=1S/C15H12ClNO3.C7H5ClO/c1-20-15(19)11-5-6-13(14(18)8-11)17-9-10-3-2-4-12(16)7-10;8-6-3-5-1-2-7(6)9-4-5/h2-9,18H,1H3;1-3H,4H2. The number of esters is 1. The van der Waals surface area contributed by atoms with Crippen molar-refractivity contribution in [2.24, 2.45) is 4.99 Å². The molecule has 0 fully saturated rings. The Balaban J connectivity index is 0.000000220. The molecule has 0 aromatic heterocycles. The molecule has 2 bridgehead atoms. The van der Waals surface area contributed by atoms with Gasteiger partial charge in [0.25, 0.3) is 0 Å². The second-order valence-corrected chi connectivity index (χ2v) is 6.91. The minimum Gasteiger partial charge on any atom is -0.506 e. The number of phenols is 1. The Morgan fingerprint density at radius 3 is 2.48 bits per heavy atom. The maximum atomic E-state index is 11.3. The number of aliphatic imine (C=N–C) groups is 1. The number of halogens is 2. The summed E-state index contributed by atoms with van der Waals surface area (Å²) in [6, 6.07) is 17.4. The molecule has 148 valence electrons. The van der Waals surface area contributed by atoms with Gasteiger partial charge in [0, 0.05) is 11.2 Å². The molecular weight excluding hydrogens is 413 g/mol. The van der Waals surface area contributed by atoms with Crippen LogP contribution in [0.2, 0.25) is 10.0 Å². The summed E-state index contributed by atoms with van der Waals surface area (Å²) in [5.41, 5.74) is 2.59. The van der Waals surface area contributed by atoms with Gasteiger partial charge < -0.3 is 14.6 Å². The molecule has 29 heavy (non-hydrogen) atoms. The van der Waals surface area contributed by atoms with Gasteiger partial charge in [-0.3, -0.25) is 4.99 Å². The molecule has 3 aromatic rings. The van der Waals surface area contributed by atoms with E-state index in [9.17, 15) is 9.90 Å². The van der Waals surface area contributed by atoms with Crippen molar-refractivity contribution >= 4 is 41.1 Å². The number of benzene rings is 3. The van der Waals surface area contributed by atoms with Gasteiger partial charge in [0.2, 0.25) is 0 Å². The van der Waals surface area contributed by atoms with Crippen LogP contribution in [0.15, 0.2) is 65.7 Å². The first kappa shape index (κ1) is 20.7. The average molecular weight is 430 g/mol. The van der Waals surface area contributed by atoms with Crippen LogP contribution in [0, 0.1) is 0 Å². The Labute approximate surface area is 178 Å². The summed E-state index contributed by atoms with van der Waals surface area (Å²) >= 11 is 11.6. The fraction of sp³-hybridized carbons (Fsp3) is 0.0909. The number of hydrogen-bond donors (Lipinski definition) is 1. The second-order valence-electron chi connectivity index (χ2n) is 6.06. The predicted molar refractivity (Wildman–Crippen MR) is 114 cm³/mol. The van der Waals surface area contributed by atoms with E-state index < -0.39 is 5.97 Å². The molecule has 2 aliphatic rings. The van der Waals surface area contributed by atoms with Crippen molar-refractivity contribution in [3.05, 3.63) is 87.4 Å². The molecule has 5 nitrogen and oxygen atoms in total. The molecule has 7 heteroatoms. The van der Waals surface area contributed by atoms with Crippen LogP contribution in [-0.2, 0) is 11.3 Å². The predicted octanol–water partition coefficient (Wildman–Crippen LogP) is 5.82. The lowest BCUT2D eigenvalue weighted by Crippen LogP contribution is -2.01. The van der Waals surface area contributed by atoms with Crippen LogP contribution in [0.4, 0.5) is 5.69 Å². The molecule has 5 rings (SSSR count). The first-order valence-corrected chi connectivity index (χ1v) is 9.34. The molecule has 2 aliphatic heterocycles. The number of aromatic hydroxyl groups is 1. The van der Waals surface area contributed by atoms with E-state index in [4.69, 9.17) is 27.9 Å². The van der Waals surface area contributed by atoms with Crippen molar-refractivity contribution < 1.29 is 19.4 Å². The maximum absolute atomic E-state index is 11.3. The van der Waals surface area contributed by atoms with Crippen molar-refractivity contribution in [1.29, 1.82) is 0 Å². The van der Waals surface area contributed by atoms with E-state index in [0.29, 0.717) is 17.3 Å². The fourth-order valence-electron chi connectivity index (χ4n) is 2.52. The van der Waals surface area contributed by atoms with E-state index in [1.807, 2.05) is 30.3 Å². The molecule has 0 amide bonds. The van der Waals surface area contributed by atoms with Gasteiger partial charge in [-0.2, -0.15) is 0 Å². The van der Waals surface area contributed by atoms with E-state index in [-0.39, 0.29) is 11.3 Å². The first-order valence-electron chi connectivity index (χ1n) is 8.58. The van der Waals surface area contributed by atoms with Crippen molar-refractivity contribution in [2.75, 3.05) is 7.11 Å². The van der Waals surface area contributed by atoms with Gasteiger partial charge in [0.1, 0.15) is 23.8 Å². The molecule has 1 N–H and O–H groups in total. The number of nitrogens with zero attached hydrogens (tertiary/aromatic N) is 1. The largest absolute Gasteiger partial charge is 0.506 e. The Hall–Kier alpha value is -3.02. The molecule has 0 saturated carbocycles. The normalized spacial score (nSPS) is 11.6. The zero-order chi connectivity index (χ0) is 20.8. The Morgan fingerprint density at radius 1 is 1.14 bits per heavy atom. The van der Waals surface area contributed by atoms with Crippen LogP contribution in [0.25, 0.3) is 0 Å². The number of rotatable bonds is 3. The summed E-state index contributed by atoms with van der Waals surface area (Å²) < 4.78 is 9.75. The summed E-state index contributed by atoms with van der Waals surface area (Å²) in [6.07, 6.45) is 1.58. The van der Waals surface area contributed by atoms with Crippen LogP contribution < -0.4 is 4.74 Å². The van der Waals surface area contributed by atoms with E-state index >= 15 is 0 Å². The van der Waals surface area contributed by atoms with Gasteiger partial charge in [-0.25, -0.2) is 4.79 Å². The zero-order valence-electron chi connectivity index (χ0n) is 15.4. The number of phenolic OH excluding ortho intramolecular Hbond substituents is 1. The highest BCUT2D eigenvalue weighted by molar-refractivity contribution is 6.32. The van der Waals surface area contributed by atoms with E-state index in [1.165, 1.54) is 19.2 Å². The smallest absolute Gasteiger partial charge is 0.337 e. The summed E-state index contributed by atoms with van der Waals surface area (Å²) in [5, 5.41) is 11.2. The highest BCUT2D eigenvalue weighted by Crippen LogP contribution is 2.30. The molecule has 2 heterocycles. The van der Waals surface area contributed by atoms with Crippen molar-refractivity contribution in [1.82, 2.24) is 0 Å². The summed E-state index contributed by atoms with van der Waals surface area (Å²) in [4.78, 5) is 15.5. The first-order chi connectivity index (χ1) is 14.0. The van der Waals surface area contributed by atoms with Gasteiger partial charge in [-0.15, -0.1) is 0 Å². The summed E-state index contributed by atoms with van der Waals surface area (Å²) in [7, 11) is 1.28.